The predicted octanol–water partition coefficient (Wildman–Crippen LogP) is 5.43. The highest BCUT2D eigenvalue weighted by Crippen LogP contribution is 2.25. The molecule has 0 saturated heterocycles. The van der Waals surface area contributed by atoms with Gasteiger partial charge < -0.3 is 10.2 Å². The molecule has 0 aliphatic heterocycles. The van der Waals surface area contributed by atoms with Gasteiger partial charge in [0.2, 0.25) is 21.8 Å². The number of nitrogens with one attached hydrogen (secondary N) is 1. The maximum Gasteiger partial charge on any atom is 0.243 e. The molecule has 2 amide bonds. The van der Waals surface area contributed by atoms with Crippen LogP contribution in [-0.4, -0.2) is 55.1 Å². The number of halogens is 3. The van der Waals surface area contributed by atoms with Crippen LogP contribution in [0, 0.1) is 0 Å². The van der Waals surface area contributed by atoms with E-state index in [1.165, 1.54) is 36.2 Å². The number of nitrogens with zero attached hydrogens (tertiary/aromatic N) is 2. The van der Waals surface area contributed by atoms with Gasteiger partial charge in [-0.2, -0.15) is 4.31 Å². The second-order valence-electron chi connectivity index (χ2n) is 9.34. The summed E-state index contributed by atoms with van der Waals surface area (Å²) in [5, 5.41) is 4.03. The molecule has 7 nitrogen and oxygen atoms in total. The Hall–Kier alpha value is -2.62. The number of carbonyl (C=O) groups is 2. The van der Waals surface area contributed by atoms with Crippen LogP contribution < -0.4 is 5.32 Å². The van der Waals surface area contributed by atoms with E-state index in [-0.39, 0.29) is 29.8 Å². The summed E-state index contributed by atoms with van der Waals surface area (Å²) in [7, 11) is -2.70. The van der Waals surface area contributed by atoms with Gasteiger partial charge >= 0.3 is 0 Å². The first-order valence-electron chi connectivity index (χ1n) is 12.2. The third-order valence-electron chi connectivity index (χ3n) is 5.94. The van der Waals surface area contributed by atoms with Crippen LogP contribution in [0.25, 0.3) is 0 Å². The highest BCUT2D eigenvalue weighted by atomic mass is 35.5. The lowest BCUT2D eigenvalue weighted by Crippen LogP contribution is -2.54. The first-order chi connectivity index (χ1) is 18.4. The molecule has 0 bridgehead atoms. The normalized spacial score (nSPS) is 12.4. The van der Waals surface area contributed by atoms with E-state index in [9.17, 15) is 18.0 Å². The van der Waals surface area contributed by atoms with Crippen molar-refractivity contribution in [2.24, 2.45) is 0 Å². The van der Waals surface area contributed by atoms with Crippen molar-refractivity contribution in [3.63, 3.8) is 0 Å². The first kappa shape index (κ1) is 30.9. The molecule has 1 atom stereocenters. The molecule has 3 aromatic carbocycles. The van der Waals surface area contributed by atoms with Crippen molar-refractivity contribution < 1.29 is 18.0 Å². The minimum Gasteiger partial charge on any atom is -0.352 e. The number of benzene rings is 3. The van der Waals surface area contributed by atoms with Gasteiger partial charge in [-0.3, -0.25) is 9.59 Å². The quantitative estimate of drug-likeness (QED) is 0.314. The number of rotatable bonds is 11. The Morgan fingerprint density at radius 2 is 1.51 bits per heavy atom. The molecule has 3 aromatic rings. The molecule has 0 aliphatic carbocycles. The van der Waals surface area contributed by atoms with Crippen LogP contribution in [0.3, 0.4) is 0 Å². The largest absolute Gasteiger partial charge is 0.352 e. The van der Waals surface area contributed by atoms with Crippen molar-refractivity contribution in [2.45, 2.75) is 43.8 Å². The maximum atomic E-state index is 13.8. The summed E-state index contributed by atoms with van der Waals surface area (Å²) < 4.78 is 27.3. The third kappa shape index (κ3) is 8.43. The van der Waals surface area contributed by atoms with E-state index >= 15 is 0 Å². The van der Waals surface area contributed by atoms with E-state index in [1.54, 1.807) is 18.2 Å². The average Bonchev–Trinajstić information content (AvgIpc) is 2.87. The topological polar surface area (TPSA) is 86.8 Å². The van der Waals surface area contributed by atoms with Gasteiger partial charge in [-0.25, -0.2) is 8.42 Å². The van der Waals surface area contributed by atoms with Gasteiger partial charge in [-0.1, -0.05) is 71.2 Å². The smallest absolute Gasteiger partial charge is 0.243 e. The Labute approximate surface area is 244 Å². The Balaban J connectivity index is 2.00. The minimum absolute atomic E-state index is 0.00659. The minimum atomic E-state index is -4.01. The van der Waals surface area contributed by atoms with Gasteiger partial charge in [0, 0.05) is 41.1 Å². The molecular formula is C28H30Cl3N3O4S. The highest BCUT2D eigenvalue weighted by Gasteiger charge is 2.33. The predicted molar refractivity (Wildman–Crippen MR) is 155 cm³/mol. The van der Waals surface area contributed by atoms with Crippen molar-refractivity contribution in [1.82, 2.24) is 14.5 Å². The maximum absolute atomic E-state index is 13.8. The summed E-state index contributed by atoms with van der Waals surface area (Å²) in [4.78, 5) is 28.7. The fraction of sp³-hybridized carbons (Fsp3) is 0.286. The Morgan fingerprint density at radius 3 is 2.10 bits per heavy atom. The summed E-state index contributed by atoms with van der Waals surface area (Å²) in [6.45, 7) is 3.11. The lowest BCUT2D eigenvalue weighted by molar-refractivity contribution is -0.141. The van der Waals surface area contributed by atoms with Crippen LogP contribution in [0.1, 0.15) is 25.0 Å². The molecular weight excluding hydrogens is 581 g/mol. The van der Waals surface area contributed by atoms with Crippen LogP contribution in [-0.2, 0) is 32.6 Å². The molecule has 0 aliphatic rings. The fourth-order valence-electron chi connectivity index (χ4n) is 3.92. The number of hydrogen-bond acceptors (Lipinski definition) is 4. The van der Waals surface area contributed by atoms with Crippen LogP contribution >= 0.6 is 34.8 Å². The molecule has 0 aromatic heterocycles. The second kappa shape index (κ2) is 13.6. The van der Waals surface area contributed by atoms with Gasteiger partial charge in [0.05, 0.1) is 11.4 Å². The summed E-state index contributed by atoms with van der Waals surface area (Å²) in [6.07, 6.45) is 0.212. The van der Waals surface area contributed by atoms with Crippen molar-refractivity contribution in [3.05, 3.63) is 99.0 Å². The van der Waals surface area contributed by atoms with E-state index in [0.29, 0.717) is 20.6 Å². The number of amides is 2. The lowest BCUT2D eigenvalue weighted by atomic mass is 10.0. The van der Waals surface area contributed by atoms with E-state index in [0.717, 1.165) is 9.87 Å². The zero-order valence-corrected chi connectivity index (χ0v) is 24.9. The van der Waals surface area contributed by atoms with Gasteiger partial charge in [-0.15, -0.1) is 0 Å². The zero-order chi connectivity index (χ0) is 28.7. The van der Waals surface area contributed by atoms with E-state index < -0.39 is 28.5 Å². The van der Waals surface area contributed by atoms with Gasteiger partial charge in [0.1, 0.15) is 6.04 Å². The molecule has 0 fully saturated rings. The fourth-order valence-corrected chi connectivity index (χ4v) is 5.64. The summed E-state index contributed by atoms with van der Waals surface area (Å²) >= 11 is 18.4. The van der Waals surface area contributed by atoms with Crippen molar-refractivity contribution in [3.8, 4) is 0 Å². The Morgan fingerprint density at radius 1 is 0.897 bits per heavy atom. The van der Waals surface area contributed by atoms with Crippen LogP contribution in [0.15, 0.2) is 77.7 Å². The number of likely N-dealkylation sites (N-methyl/N-ethyl adjacent to an activating group) is 1. The molecule has 39 heavy (non-hydrogen) atoms. The van der Waals surface area contributed by atoms with Crippen LogP contribution in [0.4, 0.5) is 0 Å². The van der Waals surface area contributed by atoms with Gasteiger partial charge in [-0.05, 0) is 61.4 Å². The lowest BCUT2D eigenvalue weighted by Gasteiger charge is -2.33. The van der Waals surface area contributed by atoms with E-state index in [4.69, 9.17) is 34.8 Å². The number of sulfonamides is 1. The number of hydrogen-bond donors (Lipinski definition) is 1. The molecule has 3 rings (SSSR count). The third-order valence-corrected chi connectivity index (χ3v) is 8.59. The highest BCUT2D eigenvalue weighted by molar-refractivity contribution is 7.89. The van der Waals surface area contributed by atoms with E-state index in [2.05, 4.69) is 5.32 Å². The summed E-state index contributed by atoms with van der Waals surface area (Å²) in [5.41, 5.74) is 1.40. The molecule has 1 N–H and O–H groups in total. The van der Waals surface area contributed by atoms with Crippen molar-refractivity contribution >= 4 is 56.6 Å². The van der Waals surface area contributed by atoms with Gasteiger partial charge in [0.25, 0.3) is 0 Å². The standard InChI is InChI=1S/C28H30Cl3N3O4S/c1-19(2)32-28(36)26(15-20-7-5-4-6-8-20)34(17-21-9-10-23(30)16-25(21)31)27(35)18-33(3)39(37,38)24-13-11-22(29)12-14-24/h4-14,16,19,26H,15,17-18H2,1-3H3,(H,32,36). The Bertz CT molecular complexity index is 1400. The van der Waals surface area contributed by atoms with E-state index in [1.807, 2.05) is 44.2 Å². The van der Waals surface area contributed by atoms with Gasteiger partial charge in [0.15, 0.2) is 0 Å². The first-order valence-corrected chi connectivity index (χ1v) is 14.8. The summed E-state index contributed by atoms with van der Waals surface area (Å²) in [6, 6.07) is 18.7. The van der Waals surface area contributed by atoms with Crippen LogP contribution in [0.5, 0.6) is 0 Å². The molecule has 11 heteroatoms. The molecule has 0 heterocycles. The second-order valence-corrected chi connectivity index (χ2v) is 12.7. The zero-order valence-electron chi connectivity index (χ0n) is 21.8. The SMILES string of the molecule is CC(C)NC(=O)C(Cc1ccccc1)N(Cc1ccc(Cl)cc1Cl)C(=O)CN(C)S(=O)(=O)c1ccc(Cl)cc1. The monoisotopic (exact) mass is 609 g/mol. The van der Waals surface area contributed by atoms with Crippen molar-refractivity contribution in [2.75, 3.05) is 13.6 Å². The van der Waals surface area contributed by atoms with Crippen LogP contribution in [0.2, 0.25) is 15.1 Å². The van der Waals surface area contributed by atoms with Crippen molar-refractivity contribution in [1.29, 1.82) is 0 Å². The number of carbonyl (C=O) groups excluding carboxylic acids is 2. The molecule has 208 valence electrons. The molecule has 0 spiro atoms. The average molecular weight is 611 g/mol. The molecule has 0 saturated carbocycles. The summed E-state index contributed by atoms with van der Waals surface area (Å²) in [5.74, 6) is -0.934. The molecule has 0 radical (unpaired) electrons. The Kier molecular flexibility index (Phi) is 10.8. The molecule has 1 unspecified atom stereocenters.